The molecule has 0 saturated carbocycles. The van der Waals surface area contributed by atoms with Gasteiger partial charge in [0, 0.05) is 47.3 Å². The number of ether oxygens (including phenoxy) is 1. The number of nitro groups is 1. The molecule has 0 saturated heterocycles. The molecule has 0 N–H and O–H groups in total. The maximum atomic E-state index is 14.2. The minimum absolute atomic E-state index is 0.207. The van der Waals surface area contributed by atoms with Gasteiger partial charge in [0.05, 0.1) is 12.2 Å². The van der Waals surface area contributed by atoms with Crippen molar-refractivity contribution in [1.82, 2.24) is 19.4 Å². The maximum absolute atomic E-state index is 14.2. The normalized spacial score (nSPS) is 20.2. The van der Waals surface area contributed by atoms with Gasteiger partial charge in [-0.2, -0.15) is 0 Å². The molecule has 0 radical (unpaired) electrons. The zero-order chi connectivity index (χ0) is 21.8. The Balaban J connectivity index is 1.29. The molecule has 10 heteroatoms. The average Bonchev–Trinajstić information content (AvgIpc) is 3.24. The predicted molar refractivity (Wildman–Crippen MR) is 112 cm³/mol. The summed E-state index contributed by atoms with van der Waals surface area (Å²) in [6, 6.07) is 8.54. The van der Waals surface area contributed by atoms with E-state index in [-0.39, 0.29) is 17.6 Å². The van der Waals surface area contributed by atoms with Crippen molar-refractivity contribution in [3.63, 3.8) is 0 Å². The fourth-order valence-corrected chi connectivity index (χ4v) is 4.46. The minimum atomic E-state index is -0.524. The Labute approximate surface area is 182 Å². The van der Waals surface area contributed by atoms with Crippen molar-refractivity contribution < 1.29 is 14.1 Å². The van der Waals surface area contributed by atoms with E-state index < -0.39 is 10.5 Å². The van der Waals surface area contributed by atoms with Crippen LogP contribution in [0.1, 0.15) is 18.2 Å². The zero-order valence-corrected chi connectivity index (χ0v) is 17.5. The molecule has 1 unspecified atom stereocenters. The lowest BCUT2D eigenvalue weighted by atomic mass is 10.00. The molecule has 31 heavy (non-hydrogen) atoms. The topological polar surface area (TPSA) is 86.3 Å². The van der Waals surface area contributed by atoms with Crippen molar-refractivity contribution in [2.45, 2.75) is 32.0 Å². The summed E-state index contributed by atoms with van der Waals surface area (Å²) >= 11 is 6.02. The van der Waals surface area contributed by atoms with Gasteiger partial charge >= 0.3 is 11.8 Å². The summed E-state index contributed by atoms with van der Waals surface area (Å²) in [4.78, 5) is 21.3. The predicted octanol–water partition coefficient (Wildman–Crippen LogP) is 3.86. The Morgan fingerprint density at radius 3 is 2.94 bits per heavy atom. The van der Waals surface area contributed by atoms with Crippen molar-refractivity contribution >= 4 is 17.4 Å². The van der Waals surface area contributed by atoms with Crippen LogP contribution in [0.15, 0.2) is 36.5 Å². The van der Waals surface area contributed by atoms with E-state index in [4.69, 9.17) is 16.3 Å². The first-order valence-electron chi connectivity index (χ1n) is 9.87. The lowest BCUT2D eigenvalue weighted by Crippen LogP contribution is -2.46. The molecule has 2 aliphatic heterocycles. The molecule has 0 spiro atoms. The van der Waals surface area contributed by atoms with Crippen LogP contribution in [0.5, 0.6) is 6.01 Å². The second-order valence-corrected chi connectivity index (χ2v) is 8.64. The molecule has 0 aliphatic carbocycles. The van der Waals surface area contributed by atoms with Crippen LogP contribution in [0.4, 0.5) is 10.2 Å². The van der Waals surface area contributed by atoms with Crippen LogP contribution in [0.2, 0.25) is 5.02 Å². The molecule has 2 aliphatic rings. The summed E-state index contributed by atoms with van der Waals surface area (Å²) in [5.41, 5.74) is 2.49. The van der Waals surface area contributed by atoms with Gasteiger partial charge < -0.3 is 14.9 Å². The summed E-state index contributed by atoms with van der Waals surface area (Å²) in [6.07, 6.45) is 2.14. The van der Waals surface area contributed by atoms with Crippen LogP contribution >= 0.6 is 11.6 Å². The summed E-state index contributed by atoms with van der Waals surface area (Å²) in [5.74, 6) is -0.555. The van der Waals surface area contributed by atoms with Gasteiger partial charge in [0.2, 0.25) is 0 Å². The number of benzene rings is 1. The van der Waals surface area contributed by atoms with E-state index in [2.05, 4.69) is 14.9 Å². The monoisotopic (exact) mass is 443 g/mol. The molecule has 5 rings (SSSR count). The smallest absolute Gasteiger partial charge is 0.415 e. The van der Waals surface area contributed by atoms with Gasteiger partial charge in [-0.25, -0.2) is 4.39 Å². The third-order valence-electron chi connectivity index (χ3n) is 5.65. The van der Waals surface area contributed by atoms with Gasteiger partial charge in [-0.05, 0) is 41.7 Å². The fourth-order valence-electron chi connectivity index (χ4n) is 4.29. The Bertz CT molecular complexity index is 1170. The third-order valence-corrected chi connectivity index (χ3v) is 5.88. The van der Waals surface area contributed by atoms with Gasteiger partial charge in [0.15, 0.2) is 0 Å². The quantitative estimate of drug-likeness (QED) is 0.449. The number of hydrogen-bond acceptors (Lipinski definition) is 6. The number of aromatic nitrogens is 3. The van der Waals surface area contributed by atoms with Crippen LogP contribution in [0, 0.1) is 15.9 Å². The van der Waals surface area contributed by atoms with Gasteiger partial charge in [0.1, 0.15) is 17.6 Å². The lowest BCUT2D eigenvalue weighted by Gasteiger charge is -2.34. The average molecular weight is 444 g/mol. The van der Waals surface area contributed by atoms with Crippen LogP contribution < -0.4 is 4.74 Å². The summed E-state index contributed by atoms with van der Waals surface area (Å²) < 4.78 is 21.8. The molecule has 0 fully saturated rings. The van der Waals surface area contributed by atoms with Crippen LogP contribution in [0.3, 0.4) is 0 Å². The van der Waals surface area contributed by atoms with Crippen LogP contribution in [-0.2, 0) is 19.5 Å². The maximum Gasteiger partial charge on any atom is 0.415 e. The minimum Gasteiger partial charge on any atom is -0.436 e. The first kappa shape index (κ1) is 19.9. The highest BCUT2D eigenvalue weighted by Crippen LogP contribution is 2.33. The largest absolute Gasteiger partial charge is 0.436 e. The van der Waals surface area contributed by atoms with E-state index in [1.165, 1.54) is 18.3 Å². The van der Waals surface area contributed by atoms with E-state index in [1.54, 1.807) is 10.6 Å². The molecular weight excluding hydrogens is 425 g/mol. The SMILES string of the molecule is CC1(CN2CCc3nc(-c4cc(Cl)ccc4F)ccc3C2)Cn2cc([N+](=O)[O-])nc2O1. The van der Waals surface area contributed by atoms with E-state index >= 15 is 0 Å². The zero-order valence-electron chi connectivity index (χ0n) is 16.7. The Morgan fingerprint density at radius 1 is 1.32 bits per heavy atom. The number of fused-ring (bicyclic) bond motifs is 2. The Morgan fingerprint density at radius 2 is 2.16 bits per heavy atom. The standard InChI is InChI=1S/C21H19ClFN5O3/c1-21(12-27-10-19(28(29)30)25-20(27)31-21)11-26-7-6-17-13(9-26)2-5-18(24-17)15-8-14(22)3-4-16(15)23/h2-5,8,10H,6-7,9,11-12H2,1H3. The van der Waals surface area contributed by atoms with Crippen LogP contribution in [0.25, 0.3) is 11.3 Å². The number of rotatable bonds is 4. The highest BCUT2D eigenvalue weighted by molar-refractivity contribution is 6.30. The lowest BCUT2D eigenvalue weighted by molar-refractivity contribution is -0.389. The Kier molecular flexibility index (Phi) is 4.67. The van der Waals surface area contributed by atoms with E-state index in [1.807, 2.05) is 19.1 Å². The summed E-state index contributed by atoms with van der Waals surface area (Å²) in [5, 5.41) is 11.4. The van der Waals surface area contributed by atoms with E-state index in [0.29, 0.717) is 35.9 Å². The molecule has 1 aromatic carbocycles. The van der Waals surface area contributed by atoms with Gasteiger partial charge in [-0.15, -0.1) is 0 Å². The molecule has 3 aromatic rings. The van der Waals surface area contributed by atoms with Gasteiger partial charge in [0.25, 0.3) is 0 Å². The summed E-state index contributed by atoms with van der Waals surface area (Å²) in [7, 11) is 0. The molecule has 2 aromatic heterocycles. The second-order valence-electron chi connectivity index (χ2n) is 8.21. The number of halogens is 2. The van der Waals surface area contributed by atoms with Gasteiger partial charge in [-0.3, -0.25) is 14.5 Å². The molecule has 0 bridgehead atoms. The van der Waals surface area contributed by atoms with Crippen molar-refractivity contribution in [1.29, 1.82) is 0 Å². The van der Waals surface area contributed by atoms with Crippen molar-refractivity contribution in [2.24, 2.45) is 0 Å². The second kappa shape index (κ2) is 7.28. The van der Waals surface area contributed by atoms with Crippen molar-refractivity contribution in [3.05, 3.63) is 68.7 Å². The number of pyridine rings is 1. The molecule has 8 nitrogen and oxygen atoms in total. The highest BCUT2D eigenvalue weighted by Gasteiger charge is 2.41. The molecule has 4 heterocycles. The molecule has 0 amide bonds. The number of hydrogen-bond donors (Lipinski definition) is 0. The fraction of sp³-hybridized carbons (Fsp3) is 0.333. The molecule has 160 valence electrons. The van der Waals surface area contributed by atoms with Crippen molar-refractivity contribution in [2.75, 3.05) is 13.1 Å². The van der Waals surface area contributed by atoms with Gasteiger partial charge in [-0.1, -0.05) is 17.7 Å². The number of nitrogens with zero attached hydrogens (tertiary/aromatic N) is 5. The summed E-state index contributed by atoms with van der Waals surface area (Å²) in [6.45, 7) is 4.60. The van der Waals surface area contributed by atoms with E-state index in [0.717, 1.165) is 24.2 Å². The third kappa shape index (κ3) is 3.75. The first-order valence-corrected chi connectivity index (χ1v) is 10.2. The van der Waals surface area contributed by atoms with E-state index in [9.17, 15) is 14.5 Å². The molecular formula is C21H19ClFN5O3. The number of imidazole rings is 1. The molecule has 1 atom stereocenters. The highest BCUT2D eigenvalue weighted by atomic mass is 35.5. The first-order chi connectivity index (χ1) is 14.8. The Hall–Kier alpha value is -3.04. The van der Waals surface area contributed by atoms with Crippen molar-refractivity contribution in [3.8, 4) is 17.3 Å². The van der Waals surface area contributed by atoms with Crippen LogP contribution in [-0.4, -0.2) is 43.0 Å².